The number of carbonyl (C=O) groups is 1. The SMILES string of the molecule is CC(C)(C)n1nnnc1SCC(=O)NCc1ccc(Cl)cc1. The van der Waals surface area contributed by atoms with Gasteiger partial charge in [0.25, 0.3) is 0 Å². The number of rotatable bonds is 5. The van der Waals surface area contributed by atoms with Gasteiger partial charge in [-0.25, -0.2) is 4.68 Å². The number of nitrogens with one attached hydrogen (secondary N) is 1. The van der Waals surface area contributed by atoms with Gasteiger partial charge in [0.05, 0.1) is 11.3 Å². The maximum Gasteiger partial charge on any atom is 0.230 e. The van der Waals surface area contributed by atoms with Crippen LogP contribution in [-0.2, 0) is 16.9 Å². The van der Waals surface area contributed by atoms with Gasteiger partial charge in [-0.05, 0) is 48.9 Å². The lowest BCUT2D eigenvalue weighted by Crippen LogP contribution is -2.26. The first-order chi connectivity index (χ1) is 10.4. The molecule has 1 heterocycles. The van der Waals surface area contributed by atoms with Gasteiger partial charge in [0.15, 0.2) is 0 Å². The molecule has 0 atom stereocenters. The maximum absolute atomic E-state index is 11.9. The van der Waals surface area contributed by atoms with Crippen LogP contribution in [0.15, 0.2) is 29.4 Å². The van der Waals surface area contributed by atoms with E-state index >= 15 is 0 Å². The third-order valence-electron chi connectivity index (χ3n) is 2.81. The zero-order valence-corrected chi connectivity index (χ0v) is 14.3. The van der Waals surface area contributed by atoms with Gasteiger partial charge in [-0.2, -0.15) is 0 Å². The number of thioether (sulfide) groups is 1. The van der Waals surface area contributed by atoms with Gasteiger partial charge in [-0.3, -0.25) is 4.79 Å². The van der Waals surface area contributed by atoms with Crippen LogP contribution >= 0.6 is 23.4 Å². The first-order valence-corrected chi connectivity index (χ1v) is 8.15. The number of hydrogen-bond donors (Lipinski definition) is 1. The van der Waals surface area contributed by atoms with Gasteiger partial charge in [0, 0.05) is 11.6 Å². The number of nitrogens with zero attached hydrogens (tertiary/aromatic N) is 4. The molecule has 1 aromatic heterocycles. The first-order valence-electron chi connectivity index (χ1n) is 6.79. The molecule has 0 bridgehead atoms. The summed E-state index contributed by atoms with van der Waals surface area (Å²) in [6, 6.07) is 7.37. The molecule has 0 aliphatic carbocycles. The molecule has 2 aromatic rings. The Hall–Kier alpha value is -1.60. The summed E-state index contributed by atoms with van der Waals surface area (Å²) in [6.45, 7) is 6.50. The summed E-state index contributed by atoms with van der Waals surface area (Å²) < 4.78 is 1.71. The van der Waals surface area contributed by atoms with Gasteiger partial charge in [0.1, 0.15) is 0 Å². The molecular formula is C14H18ClN5OS. The van der Waals surface area contributed by atoms with E-state index in [0.29, 0.717) is 16.7 Å². The van der Waals surface area contributed by atoms with Crippen molar-refractivity contribution in [1.29, 1.82) is 0 Å². The Morgan fingerprint density at radius 1 is 1.32 bits per heavy atom. The predicted molar refractivity (Wildman–Crippen MR) is 86.8 cm³/mol. The van der Waals surface area contributed by atoms with Crippen molar-refractivity contribution >= 4 is 29.3 Å². The largest absolute Gasteiger partial charge is 0.351 e. The Morgan fingerprint density at radius 3 is 2.64 bits per heavy atom. The second-order valence-electron chi connectivity index (χ2n) is 5.74. The van der Waals surface area contributed by atoms with Crippen LogP contribution in [0, 0.1) is 0 Å². The van der Waals surface area contributed by atoms with Crippen molar-refractivity contribution in [2.24, 2.45) is 0 Å². The molecule has 0 saturated heterocycles. The van der Waals surface area contributed by atoms with Crippen LogP contribution in [-0.4, -0.2) is 31.9 Å². The summed E-state index contributed by atoms with van der Waals surface area (Å²) >= 11 is 7.14. The van der Waals surface area contributed by atoms with Crippen molar-refractivity contribution < 1.29 is 4.79 Å². The maximum atomic E-state index is 11.9. The summed E-state index contributed by atoms with van der Waals surface area (Å²) in [5.41, 5.74) is 0.785. The van der Waals surface area contributed by atoms with Gasteiger partial charge < -0.3 is 5.32 Å². The lowest BCUT2D eigenvalue weighted by molar-refractivity contribution is -0.118. The lowest BCUT2D eigenvalue weighted by Gasteiger charge is -2.19. The molecule has 1 amide bonds. The number of amides is 1. The van der Waals surface area contributed by atoms with Crippen LogP contribution in [0.25, 0.3) is 0 Å². The minimum atomic E-state index is -0.217. The van der Waals surface area contributed by atoms with Crippen molar-refractivity contribution in [2.45, 2.75) is 38.0 Å². The fraction of sp³-hybridized carbons (Fsp3) is 0.429. The second-order valence-corrected chi connectivity index (χ2v) is 7.11. The molecule has 0 unspecified atom stereocenters. The summed E-state index contributed by atoms with van der Waals surface area (Å²) in [5, 5.41) is 15.7. The molecule has 0 aliphatic rings. The first kappa shape index (κ1) is 16.8. The molecule has 0 spiro atoms. The lowest BCUT2D eigenvalue weighted by atomic mass is 10.1. The van der Waals surface area contributed by atoms with Crippen LogP contribution in [0.4, 0.5) is 0 Å². The molecule has 1 aromatic carbocycles. The highest BCUT2D eigenvalue weighted by Crippen LogP contribution is 2.21. The number of halogens is 1. The third-order valence-corrected chi connectivity index (χ3v) is 3.98. The van der Waals surface area contributed by atoms with Gasteiger partial charge in [-0.15, -0.1) is 5.10 Å². The Labute approximate surface area is 138 Å². The average molecular weight is 340 g/mol. The highest BCUT2D eigenvalue weighted by molar-refractivity contribution is 7.99. The van der Waals surface area contributed by atoms with E-state index < -0.39 is 0 Å². The number of tetrazole rings is 1. The number of benzene rings is 1. The topological polar surface area (TPSA) is 72.7 Å². The van der Waals surface area contributed by atoms with E-state index in [0.717, 1.165) is 5.56 Å². The molecule has 0 saturated carbocycles. The predicted octanol–water partition coefficient (Wildman–Crippen LogP) is 2.49. The number of hydrogen-bond acceptors (Lipinski definition) is 5. The quantitative estimate of drug-likeness (QED) is 0.847. The second kappa shape index (κ2) is 7.11. The van der Waals surface area contributed by atoms with Crippen LogP contribution in [0.3, 0.4) is 0 Å². The molecular weight excluding hydrogens is 322 g/mol. The zero-order valence-electron chi connectivity index (χ0n) is 12.7. The molecule has 22 heavy (non-hydrogen) atoms. The van der Waals surface area contributed by atoms with E-state index in [4.69, 9.17) is 11.6 Å². The van der Waals surface area contributed by atoms with Crippen LogP contribution < -0.4 is 5.32 Å². The molecule has 2 rings (SSSR count). The number of carbonyl (C=O) groups excluding carboxylic acids is 1. The van der Waals surface area contributed by atoms with Crippen molar-refractivity contribution in [3.63, 3.8) is 0 Å². The molecule has 1 N–H and O–H groups in total. The van der Waals surface area contributed by atoms with E-state index in [-0.39, 0.29) is 17.2 Å². The van der Waals surface area contributed by atoms with Crippen LogP contribution in [0.2, 0.25) is 5.02 Å². The third kappa shape index (κ3) is 4.71. The van der Waals surface area contributed by atoms with Crippen LogP contribution in [0.5, 0.6) is 0 Å². The smallest absolute Gasteiger partial charge is 0.230 e. The highest BCUT2D eigenvalue weighted by atomic mass is 35.5. The minimum Gasteiger partial charge on any atom is -0.351 e. The Morgan fingerprint density at radius 2 is 2.00 bits per heavy atom. The van der Waals surface area contributed by atoms with E-state index in [2.05, 4.69) is 20.8 Å². The van der Waals surface area contributed by atoms with E-state index in [1.165, 1.54) is 11.8 Å². The zero-order chi connectivity index (χ0) is 16.2. The minimum absolute atomic E-state index is 0.0663. The molecule has 118 valence electrons. The van der Waals surface area contributed by atoms with E-state index in [1.807, 2.05) is 32.9 Å². The summed E-state index contributed by atoms with van der Waals surface area (Å²) in [7, 11) is 0. The Balaban J connectivity index is 1.83. The Bertz CT molecular complexity index is 635. The fourth-order valence-electron chi connectivity index (χ4n) is 1.67. The van der Waals surface area contributed by atoms with Crippen molar-refractivity contribution in [3.8, 4) is 0 Å². The van der Waals surface area contributed by atoms with E-state index in [1.54, 1.807) is 16.8 Å². The highest BCUT2D eigenvalue weighted by Gasteiger charge is 2.20. The molecule has 0 radical (unpaired) electrons. The van der Waals surface area contributed by atoms with Gasteiger partial charge >= 0.3 is 0 Å². The molecule has 0 fully saturated rings. The Kier molecular flexibility index (Phi) is 5.42. The monoisotopic (exact) mass is 339 g/mol. The fourth-order valence-corrected chi connectivity index (χ4v) is 2.69. The standard InChI is InChI=1S/C14H18ClN5OS/c1-14(2,3)20-13(17-18-19-20)22-9-12(21)16-8-10-4-6-11(15)7-5-10/h4-7H,8-9H2,1-3H3,(H,16,21). The molecule has 8 heteroatoms. The van der Waals surface area contributed by atoms with Gasteiger partial charge in [-0.1, -0.05) is 35.5 Å². The van der Waals surface area contributed by atoms with Crippen molar-refractivity contribution in [2.75, 3.05) is 5.75 Å². The summed E-state index contributed by atoms with van der Waals surface area (Å²) in [5.74, 6) is 0.202. The number of aromatic nitrogens is 4. The van der Waals surface area contributed by atoms with Crippen molar-refractivity contribution in [1.82, 2.24) is 25.5 Å². The normalized spacial score (nSPS) is 11.5. The molecule has 0 aliphatic heterocycles. The summed E-state index contributed by atoms with van der Waals surface area (Å²) in [4.78, 5) is 11.9. The van der Waals surface area contributed by atoms with Gasteiger partial charge in [0.2, 0.25) is 11.1 Å². The van der Waals surface area contributed by atoms with Crippen LogP contribution in [0.1, 0.15) is 26.3 Å². The average Bonchev–Trinajstić information content (AvgIpc) is 2.93. The van der Waals surface area contributed by atoms with Crippen molar-refractivity contribution in [3.05, 3.63) is 34.9 Å². The summed E-state index contributed by atoms with van der Waals surface area (Å²) in [6.07, 6.45) is 0. The van der Waals surface area contributed by atoms with E-state index in [9.17, 15) is 4.79 Å². The molecule has 6 nitrogen and oxygen atoms in total.